The second-order valence-electron chi connectivity index (χ2n) is 5.73. The summed E-state index contributed by atoms with van der Waals surface area (Å²) in [5, 5.41) is 6.02. The molecule has 0 radical (unpaired) electrons. The first-order valence-electron chi connectivity index (χ1n) is 7.75. The zero-order valence-corrected chi connectivity index (χ0v) is 17.3. The van der Waals surface area contributed by atoms with Crippen LogP contribution in [0.2, 0.25) is 0 Å². The minimum absolute atomic E-state index is 0.138. The Morgan fingerprint density at radius 3 is 2.77 bits per heavy atom. The van der Waals surface area contributed by atoms with Gasteiger partial charge in [-0.3, -0.25) is 9.59 Å². The Kier molecular flexibility index (Phi) is 5.55. The number of amides is 2. The van der Waals surface area contributed by atoms with Gasteiger partial charge in [-0.2, -0.15) is 0 Å². The molecular formula is C18H16BrN3O2S2. The van der Waals surface area contributed by atoms with Crippen molar-refractivity contribution in [3.05, 3.63) is 55.8 Å². The van der Waals surface area contributed by atoms with Crippen LogP contribution < -0.4 is 11.1 Å². The third kappa shape index (κ3) is 4.03. The number of carbonyl (C=O) groups excluding carboxylic acids is 2. The first-order valence-corrected chi connectivity index (χ1v) is 10.2. The van der Waals surface area contributed by atoms with E-state index in [1.807, 2.05) is 43.5 Å². The third-order valence-corrected chi connectivity index (χ3v) is 6.41. The zero-order chi connectivity index (χ0) is 18.8. The molecule has 134 valence electrons. The average molecular weight is 450 g/mol. The van der Waals surface area contributed by atoms with E-state index in [4.69, 9.17) is 5.73 Å². The Hall–Kier alpha value is -2.03. The Bertz CT molecular complexity index is 994. The van der Waals surface area contributed by atoms with E-state index in [2.05, 4.69) is 26.2 Å². The highest BCUT2D eigenvalue weighted by Gasteiger charge is 2.19. The van der Waals surface area contributed by atoms with Crippen molar-refractivity contribution in [1.82, 2.24) is 4.98 Å². The fraction of sp³-hybridized carbons (Fsp3) is 0.167. The lowest BCUT2D eigenvalue weighted by Crippen LogP contribution is -2.18. The van der Waals surface area contributed by atoms with Gasteiger partial charge in [0, 0.05) is 20.3 Å². The van der Waals surface area contributed by atoms with Crippen molar-refractivity contribution in [3.63, 3.8) is 0 Å². The number of halogens is 1. The fourth-order valence-corrected chi connectivity index (χ4v) is 4.79. The molecular weight excluding hydrogens is 434 g/mol. The van der Waals surface area contributed by atoms with Crippen LogP contribution in [-0.2, 0) is 11.2 Å². The van der Waals surface area contributed by atoms with Crippen LogP contribution in [-0.4, -0.2) is 16.8 Å². The molecule has 0 spiro atoms. The van der Waals surface area contributed by atoms with Gasteiger partial charge in [-0.1, -0.05) is 28.1 Å². The van der Waals surface area contributed by atoms with Crippen LogP contribution in [0.4, 0.5) is 5.00 Å². The smallest absolute Gasteiger partial charge is 0.251 e. The lowest BCUT2D eigenvalue weighted by atomic mass is 10.1. The minimum atomic E-state index is -0.534. The number of hydrogen-bond acceptors (Lipinski definition) is 5. The molecule has 2 amide bonds. The van der Waals surface area contributed by atoms with E-state index in [9.17, 15) is 9.59 Å². The van der Waals surface area contributed by atoms with E-state index in [1.165, 1.54) is 22.7 Å². The minimum Gasteiger partial charge on any atom is -0.365 e. The first-order chi connectivity index (χ1) is 12.3. The molecule has 1 aromatic carbocycles. The zero-order valence-electron chi connectivity index (χ0n) is 14.1. The largest absolute Gasteiger partial charge is 0.365 e. The standard InChI is InChI=1S/C18H16BrN3O2S2/c1-9-10(2)26-18(15(9)16(20)24)22-14(23)7-13-8-25-17(21-13)11-4-3-5-12(19)6-11/h3-6,8H,7H2,1-2H3,(H2,20,24)(H,22,23). The maximum absolute atomic E-state index is 12.4. The molecule has 0 aliphatic carbocycles. The van der Waals surface area contributed by atoms with Crippen molar-refractivity contribution in [2.45, 2.75) is 20.3 Å². The van der Waals surface area contributed by atoms with Gasteiger partial charge in [0.05, 0.1) is 17.7 Å². The first kappa shape index (κ1) is 18.8. The number of nitrogens with one attached hydrogen (secondary N) is 1. The summed E-state index contributed by atoms with van der Waals surface area (Å²) in [4.78, 5) is 29.5. The van der Waals surface area contributed by atoms with Crippen molar-refractivity contribution in [2.75, 3.05) is 5.32 Å². The number of aromatic nitrogens is 1. The van der Waals surface area contributed by atoms with Crippen LogP contribution in [0.3, 0.4) is 0 Å². The van der Waals surface area contributed by atoms with Crippen LogP contribution in [0.15, 0.2) is 34.1 Å². The summed E-state index contributed by atoms with van der Waals surface area (Å²) in [6.45, 7) is 3.72. The highest BCUT2D eigenvalue weighted by molar-refractivity contribution is 9.10. The summed E-state index contributed by atoms with van der Waals surface area (Å²) in [6.07, 6.45) is 0.138. The Balaban J connectivity index is 1.74. The average Bonchev–Trinajstić information content (AvgIpc) is 3.12. The van der Waals surface area contributed by atoms with E-state index < -0.39 is 5.91 Å². The van der Waals surface area contributed by atoms with Gasteiger partial charge in [0.2, 0.25) is 5.91 Å². The Morgan fingerprint density at radius 1 is 1.31 bits per heavy atom. The summed E-state index contributed by atoms with van der Waals surface area (Å²) < 4.78 is 0.979. The van der Waals surface area contributed by atoms with Crippen LogP contribution >= 0.6 is 38.6 Å². The van der Waals surface area contributed by atoms with Crippen molar-refractivity contribution in [1.29, 1.82) is 0 Å². The molecule has 0 unspecified atom stereocenters. The molecule has 8 heteroatoms. The van der Waals surface area contributed by atoms with Crippen molar-refractivity contribution in [3.8, 4) is 10.6 Å². The molecule has 3 aromatic rings. The monoisotopic (exact) mass is 449 g/mol. The molecule has 0 bridgehead atoms. The number of nitrogens with zero attached hydrogens (tertiary/aromatic N) is 1. The maximum atomic E-state index is 12.4. The Morgan fingerprint density at radius 2 is 2.08 bits per heavy atom. The topological polar surface area (TPSA) is 85.1 Å². The van der Waals surface area contributed by atoms with Gasteiger partial charge in [0.1, 0.15) is 10.0 Å². The van der Waals surface area contributed by atoms with Gasteiger partial charge in [0.25, 0.3) is 5.91 Å². The van der Waals surface area contributed by atoms with Crippen LogP contribution in [0.25, 0.3) is 10.6 Å². The third-order valence-electron chi connectivity index (χ3n) is 3.85. The molecule has 0 saturated carbocycles. The summed E-state index contributed by atoms with van der Waals surface area (Å²) in [6, 6.07) is 7.86. The summed E-state index contributed by atoms with van der Waals surface area (Å²) in [5.41, 5.74) is 8.32. The van der Waals surface area contributed by atoms with E-state index in [0.717, 1.165) is 25.5 Å². The number of rotatable bonds is 5. The summed E-state index contributed by atoms with van der Waals surface area (Å²) in [5.74, 6) is -0.757. The van der Waals surface area contributed by atoms with Gasteiger partial charge in [-0.25, -0.2) is 4.98 Å². The molecule has 0 atom stereocenters. The van der Waals surface area contributed by atoms with E-state index >= 15 is 0 Å². The second-order valence-corrected chi connectivity index (χ2v) is 8.73. The molecule has 0 aliphatic heterocycles. The fourth-order valence-electron chi connectivity index (χ4n) is 2.49. The van der Waals surface area contributed by atoms with Gasteiger partial charge < -0.3 is 11.1 Å². The Labute approximate surface area is 167 Å². The van der Waals surface area contributed by atoms with Crippen LogP contribution in [0.1, 0.15) is 26.5 Å². The lowest BCUT2D eigenvalue weighted by Gasteiger charge is -2.04. The predicted molar refractivity (Wildman–Crippen MR) is 110 cm³/mol. The van der Waals surface area contributed by atoms with Gasteiger partial charge in [-0.05, 0) is 31.5 Å². The van der Waals surface area contributed by atoms with Crippen molar-refractivity contribution in [2.24, 2.45) is 5.73 Å². The second kappa shape index (κ2) is 7.69. The summed E-state index contributed by atoms with van der Waals surface area (Å²) in [7, 11) is 0. The maximum Gasteiger partial charge on any atom is 0.251 e. The molecule has 26 heavy (non-hydrogen) atoms. The highest BCUT2D eigenvalue weighted by Crippen LogP contribution is 2.32. The van der Waals surface area contributed by atoms with Gasteiger partial charge >= 0.3 is 0 Å². The highest BCUT2D eigenvalue weighted by atomic mass is 79.9. The van der Waals surface area contributed by atoms with Crippen molar-refractivity contribution < 1.29 is 9.59 Å². The van der Waals surface area contributed by atoms with Crippen LogP contribution in [0.5, 0.6) is 0 Å². The number of thiazole rings is 1. The quantitative estimate of drug-likeness (QED) is 0.599. The molecule has 3 rings (SSSR count). The SMILES string of the molecule is Cc1sc(NC(=O)Cc2csc(-c3cccc(Br)c3)n2)c(C(N)=O)c1C. The molecule has 2 heterocycles. The van der Waals surface area contributed by atoms with E-state index in [1.54, 1.807) is 0 Å². The molecule has 0 aliphatic rings. The summed E-state index contributed by atoms with van der Waals surface area (Å²) >= 11 is 6.29. The number of anilines is 1. The molecule has 2 aromatic heterocycles. The number of thiophene rings is 1. The van der Waals surface area contributed by atoms with E-state index in [0.29, 0.717) is 16.3 Å². The molecule has 3 N–H and O–H groups in total. The number of carbonyl (C=O) groups is 2. The van der Waals surface area contributed by atoms with Gasteiger partial charge in [0.15, 0.2) is 0 Å². The van der Waals surface area contributed by atoms with Crippen molar-refractivity contribution >= 4 is 55.4 Å². The number of primary amides is 1. The number of hydrogen-bond donors (Lipinski definition) is 2. The molecule has 0 saturated heterocycles. The van der Waals surface area contributed by atoms with Gasteiger partial charge in [-0.15, -0.1) is 22.7 Å². The molecule has 5 nitrogen and oxygen atoms in total. The predicted octanol–water partition coefficient (Wildman–Crippen LogP) is 4.53. The molecule has 0 fully saturated rings. The lowest BCUT2D eigenvalue weighted by molar-refractivity contribution is -0.115. The number of nitrogens with two attached hydrogens (primary N) is 1. The number of benzene rings is 1. The van der Waals surface area contributed by atoms with Crippen LogP contribution in [0, 0.1) is 13.8 Å². The normalized spacial score (nSPS) is 10.7. The van der Waals surface area contributed by atoms with E-state index in [-0.39, 0.29) is 12.3 Å². The number of aryl methyl sites for hydroxylation is 1.